The Hall–Kier alpha value is -2.50. The fourth-order valence-electron chi connectivity index (χ4n) is 1.31. The highest BCUT2D eigenvalue weighted by Crippen LogP contribution is 2.24. The van der Waals surface area contributed by atoms with Crippen LogP contribution in [0.3, 0.4) is 0 Å². The Morgan fingerprint density at radius 1 is 1.24 bits per heavy atom. The molecular weight excluding hydrogens is 225 g/mol. The third kappa shape index (κ3) is 2.54. The first-order valence-electron chi connectivity index (χ1n) is 4.78. The van der Waals surface area contributed by atoms with Crippen LogP contribution in [0.1, 0.15) is 0 Å². The van der Waals surface area contributed by atoms with Gasteiger partial charge in [0.1, 0.15) is 5.82 Å². The van der Waals surface area contributed by atoms with Crippen molar-refractivity contribution in [1.82, 2.24) is 4.98 Å². The van der Waals surface area contributed by atoms with Gasteiger partial charge in [-0.25, -0.2) is 4.39 Å². The zero-order chi connectivity index (χ0) is 12.3. The van der Waals surface area contributed by atoms with Crippen molar-refractivity contribution in [3.05, 3.63) is 58.7 Å². The number of hydrogen-bond donors (Lipinski definition) is 1. The van der Waals surface area contributed by atoms with Gasteiger partial charge in [0, 0.05) is 30.2 Å². The molecule has 6 heteroatoms. The molecule has 0 atom stereocenters. The van der Waals surface area contributed by atoms with Gasteiger partial charge in [-0.05, 0) is 18.2 Å². The molecule has 0 aliphatic carbocycles. The molecule has 5 nitrogen and oxygen atoms in total. The Balaban J connectivity index is 2.32. The molecule has 1 heterocycles. The van der Waals surface area contributed by atoms with E-state index in [0.29, 0.717) is 5.69 Å². The number of non-ortho nitro benzene ring substituents is 1. The number of aromatic nitrogens is 1. The summed E-state index contributed by atoms with van der Waals surface area (Å²) in [6.45, 7) is 0. The van der Waals surface area contributed by atoms with E-state index in [1.165, 1.54) is 12.4 Å². The Morgan fingerprint density at radius 2 is 1.94 bits per heavy atom. The third-order valence-corrected chi connectivity index (χ3v) is 2.12. The summed E-state index contributed by atoms with van der Waals surface area (Å²) < 4.78 is 13.4. The molecule has 2 rings (SSSR count). The average molecular weight is 233 g/mol. The second kappa shape index (κ2) is 4.56. The summed E-state index contributed by atoms with van der Waals surface area (Å²) in [5, 5.41) is 13.3. The number of anilines is 2. The van der Waals surface area contributed by atoms with Crippen LogP contribution in [0.25, 0.3) is 0 Å². The minimum absolute atomic E-state index is 0.0606. The Bertz CT molecular complexity index is 546. The SMILES string of the molecule is O=[N+]([O-])c1ccc(F)c(Nc2ccncc2)c1. The van der Waals surface area contributed by atoms with Gasteiger partial charge in [0.2, 0.25) is 0 Å². The first-order chi connectivity index (χ1) is 8.16. The molecule has 0 aliphatic rings. The first-order valence-corrected chi connectivity index (χ1v) is 4.78. The second-order valence-electron chi connectivity index (χ2n) is 3.28. The van der Waals surface area contributed by atoms with Crippen LogP contribution >= 0.6 is 0 Å². The highest BCUT2D eigenvalue weighted by atomic mass is 19.1. The first kappa shape index (κ1) is 11.0. The molecule has 2 aromatic rings. The molecule has 0 spiro atoms. The summed E-state index contributed by atoms with van der Waals surface area (Å²) >= 11 is 0. The molecule has 0 amide bonds. The van der Waals surface area contributed by atoms with Gasteiger partial charge < -0.3 is 5.32 Å². The van der Waals surface area contributed by atoms with Crippen LogP contribution in [0.5, 0.6) is 0 Å². The Labute approximate surface area is 96.1 Å². The Kier molecular flexibility index (Phi) is 2.95. The van der Waals surface area contributed by atoms with Crippen LogP contribution < -0.4 is 5.32 Å². The minimum atomic E-state index is -0.572. The molecule has 0 saturated heterocycles. The maximum absolute atomic E-state index is 13.4. The van der Waals surface area contributed by atoms with Crippen LogP contribution in [0, 0.1) is 15.9 Å². The number of nitrogens with zero attached hydrogens (tertiary/aromatic N) is 2. The predicted octanol–water partition coefficient (Wildman–Crippen LogP) is 2.87. The smallest absolute Gasteiger partial charge is 0.271 e. The number of rotatable bonds is 3. The highest BCUT2D eigenvalue weighted by Gasteiger charge is 2.10. The molecule has 86 valence electrons. The van der Waals surface area contributed by atoms with E-state index in [1.54, 1.807) is 12.1 Å². The summed E-state index contributed by atoms with van der Waals surface area (Å²) in [6, 6.07) is 6.60. The van der Waals surface area contributed by atoms with Crippen molar-refractivity contribution in [1.29, 1.82) is 0 Å². The van der Waals surface area contributed by atoms with E-state index < -0.39 is 10.7 Å². The molecule has 0 bridgehead atoms. The van der Waals surface area contributed by atoms with Crippen molar-refractivity contribution in [2.24, 2.45) is 0 Å². The van der Waals surface area contributed by atoms with E-state index in [1.807, 2.05) is 0 Å². The van der Waals surface area contributed by atoms with Gasteiger partial charge in [-0.15, -0.1) is 0 Å². The van der Waals surface area contributed by atoms with Gasteiger partial charge >= 0.3 is 0 Å². The fraction of sp³-hybridized carbons (Fsp3) is 0. The summed E-state index contributed by atoms with van der Waals surface area (Å²) in [5.74, 6) is -0.549. The average Bonchev–Trinajstić information content (AvgIpc) is 2.33. The zero-order valence-corrected chi connectivity index (χ0v) is 8.63. The number of benzene rings is 1. The van der Waals surface area contributed by atoms with E-state index in [-0.39, 0.29) is 11.4 Å². The van der Waals surface area contributed by atoms with E-state index in [2.05, 4.69) is 10.3 Å². The van der Waals surface area contributed by atoms with E-state index in [0.717, 1.165) is 18.2 Å². The molecule has 0 saturated carbocycles. The van der Waals surface area contributed by atoms with E-state index in [4.69, 9.17) is 0 Å². The van der Waals surface area contributed by atoms with Gasteiger partial charge in [-0.2, -0.15) is 0 Å². The van der Waals surface area contributed by atoms with Crippen LogP contribution in [0.2, 0.25) is 0 Å². The van der Waals surface area contributed by atoms with Crippen molar-refractivity contribution >= 4 is 17.1 Å². The minimum Gasteiger partial charge on any atom is -0.353 e. The lowest BCUT2D eigenvalue weighted by molar-refractivity contribution is -0.384. The standard InChI is InChI=1S/C11H8FN3O2/c12-10-2-1-9(15(16)17)7-11(10)14-8-3-5-13-6-4-8/h1-7H,(H,13,14). The third-order valence-electron chi connectivity index (χ3n) is 2.12. The number of halogens is 1. The van der Waals surface area contributed by atoms with Crippen molar-refractivity contribution in [2.45, 2.75) is 0 Å². The van der Waals surface area contributed by atoms with Crippen molar-refractivity contribution in [3.8, 4) is 0 Å². The van der Waals surface area contributed by atoms with Crippen LogP contribution in [-0.2, 0) is 0 Å². The van der Waals surface area contributed by atoms with Gasteiger partial charge in [-0.1, -0.05) is 0 Å². The summed E-state index contributed by atoms with van der Waals surface area (Å²) in [6.07, 6.45) is 3.08. The molecule has 0 aliphatic heterocycles. The van der Waals surface area contributed by atoms with E-state index >= 15 is 0 Å². The number of hydrogen-bond acceptors (Lipinski definition) is 4. The lowest BCUT2D eigenvalue weighted by Crippen LogP contribution is -1.96. The van der Waals surface area contributed by atoms with Crippen molar-refractivity contribution in [3.63, 3.8) is 0 Å². The summed E-state index contributed by atoms with van der Waals surface area (Å²) in [5.41, 5.74) is 0.507. The molecule has 0 fully saturated rings. The van der Waals surface area contributed by atoms with E-state index in [9.17, 15) is 14.5 Å². The molecule has 0 unspecified atom stereocenters. The topological polar surface area (TPSA) is 68.1 Å². The quantitative estimate of drug-likeness (QED) is 0.653. The molecule has 1 N–H and O–H groups in total. The van der Waals surface area contributed by atoms with Gasteiger partial charge in [0.05, 0.1) is 10.6 Å². The second-order valence-corrected chi connectivity index (χ2v) is 3.28. The number of nitro groups is 1. The maximum Gasteiger partial charge on any atom is 0.271 e. The van der Waals surface area contributed by atoms with Crippen molar-refractivity contribution < 1.29 is 9.31 Å². The largest absolute Gasteiger partial charge is 0.353 e. The predicted molar refractivity (Wildman–Crippen MR) is 60.6 cm³/mol. The van der Waals surface area contributed by atoms with Crippen molar-refractivity contribution in [2.75, 3.05) is 5.32 Å². The Morgan fingerprint density at radius 3 is 2.59 bits per heavy atom. The number of nitrogens with one attached hydrogen (secondary N) is 1. The van der Waals surface area contributed by atoms with Gasteiger partial charge in [0.15, 0.2) is 0 Å². The molecule has 0 radical (unpaired) electrons. The highest BCUT2D eigenvalue weighted by molar-refractivity contribution is 5.62. The lowest BCUT2D eigenvalue weighted by atomic mass is 10.2. The number of pyridine rings is 1. The van der Waals surface area contributed by atoms with Crippen LogP contribution in [-0.4, -0.2) is 9.91 Å². The zero-order valence-electron chi connectivity index (χ0n) is 8.63. The van der Waals surface area contributed by atoms with Crippen LogP contribution in [0.4, 0.5) is 21.5 Å². The monoisotopic (exact) mass is 233 g/mol. The fourth-order valence-corrected chi connectivity index (χ4v) is 1.31. The summed E-state index contributed by atoms with van der Waals surface area (Å²) in [7, 11) is 0. The maximum atomic E-state index is 13.4. The molecule has 1 aromatic heterocycles. The number of nitro benzene ring substituents is 1. The normalized spacial score (nSPS) is 9.94. The van der Waals surface area contributed by atoms with Gasteiger partial charge in [-0.3, -0.25) is 15.1 Å². The lowest BCUT2D eigenvalue weighted by Gasteiger charge is -2.06. The molecule has 17 heavy (non-hydrogen) atoms. The van der Waals surface area contributed by atoms with Crippen LogP contribution in [0.15, 0.2) is 42.7 Å². The van der Waals surface area contributed by atoms with Gasteiger partial charge in [0.25, 0.3) is 5.69 Å². The summed E-state index contributed by atoms with van der Waals surface area (Å²) in [4.78, 5) is 13.8. The molecular formula is C11H8FN3O2. The molecule has 1 aromatic carbocycles.